The van der Waals surface area contributed by atoms with Gasteiger partial charge in [0.15, 0.2) is 0 Å². The summed E-state index contributed by atoms with van der Waals surface area (Å²) in [5, 5.41) is 13.6. The van der Waals surface area contributed by atoms with Crippen molar-refractivity contribution in [3.63, 3.8) is 0 Å². The molecule has 0 fully saturated rings. The topological polar surface area (TPSA) is 128 Å². The number of ether oxygens (including phenoxy) is 1. The second kappa shape index (κ2) is 9.75. The van der Waals surface area contributed by atoms with E-state index in [9.17, 15) is 23.3 Å². The molecule has 3 rings (SSSR count). The van der Waals surface area contributed by atoms with Gasteiger partial charge < -0.3 is 10.1 Å². The Morgan fingerprint density at radius 3 is 2.44 bits per heavy atom. The minimum absolute atomic E-state index is 0.202. The molecule has 9 nitrogen and oxygen atoms in total. The fraction of sp³-hybridized carbons (Fsp3) is 0.0455. The number of benzene rings is 3. The van der Waals surface area contributed by atoms with Crippen molar-refractivity contribution in [3.8, 4) is 5.75 Å². The predicted octanol–water partition coefficient (Wildman–Crippen LogP) is 4.21. The number of anilines is 2. The minimum atomic E-state index is -4.04. The molecule has 164 valence electrons. The highest BCUT2D eigenvalue weighted by molar-refractivity contribution is 7.92. The van der Waals surface area contributed by atoms with E-state index in [1.807, 2.05) is 0 Å². The van der Waals surface area contributed by atoms with Gasteiger partial charge in [0.1, 0.15) is 12.4 Å². The van der Waals surface area contributed by atoms with Crippen LogP contribution in [-0.2, 0) is 10.0 Å². The SMILES string of the molecule is C=CCOc1cccc(NC(=O)c2ccc(NS(=O)(=O)c3cccc([N+](=O)[O-])c3)cc2)c1. The van der Waals surface area contributed by atoms with E-state index >= 15 is 0 Å². The van der Waals surface area contributed by atoms with Gasteiger partial charge in [-0.2, -0.15) is 0 Å². The fourth-order valence-electron chi connectivity index (χ4n) is 2.69. The third kappa shape index (κ3) is 5.70. The number of rotatable bonds is 9. The number of amides is 1. The van der Waals surface area contributed by atoms with Crippen LogP contribution in [0.1, 0.15) is 10.4 Å². The summed E-state index contributed by atoms with van der Waals surface area (Å²) in [5.74, 6) is 0.188. The molecule has 0 unspecified atom stereocenters. The molecule has 0 aliphatic heterocycles. The number of nitrogens with zero attached hydrogens (tertiary/aromatic N) is 1. The number of nitro benzene ring substituents is 1. The summed E-state index contributed by atoms with van der Waals surface area (Å²) in [7, 11) is -4.04. The van der Waals surface area contributed by atoms with Gasteiger partial charge in [-0.15, -0.1) is 0 Å². The van der Waals surface area contributed by atoms with Gasteiger partial charge in [0, 0.05) is 35.1 Å². The summed E-state index contributed by atoms with van der Waals surface area (Å²) in [6, 6.07) is 17.3. The number of carbonyl (C=O) groups excluding carboxylic acids is 1. The maximum atomic E-state index is 12.5. The van der Waals surface area contributed by atoms with Crippen molar-refractivity contribution >= 4 is 33.0 Å². The molecular weight excluding hydrogens is 434 g/mol. The van der Waals surface area contributed by atoms with Crippen molar-refractivity contribution < 1.29 is 22.9 Å². The first-order valence-electron chi connectivity index (χ1n) is 9.31. The Labute approximate surface area is 184 Å². The molecule has 0 aliphatic carbocycles. The van der Waals surface area contributed by atoms with Gasteiger partial charge in [0.05, 0.1) is 9.82 Å². The van der Waals surface area contributed by atoms with Gasteiger partial charge >= 0.3 is 0 Å². The summed E-state index contributed by atoms with van der Waals surface area (Å²) >= 11 is 0. The molecule has 0 spiro atoms. The van der Waals surface area contributed by atoms with E-state index in [-0.39, 0.29) is 22.2 Å². The molecular formula is C22H19N3O6S. The van der Waals surface area contributed by atoms with Crippen molar-refractivity contribution in [2.24, 2.45) is 0 Å². The van der Waals surface area contributed by atoms with Crippen LogP contribution < -0.4 is 14.8 Å². The Morgan fingerprint density at radius 2 is 1.75 bits per heavy atom. The number of non-ortho nitro benzene ring substituents is 1. The molecule has 0 aromatic heterocycles. The minimum Gasteiger partial charge on any atom is -0.489 e. The van der Waals surface area contributed by atoms with Gasteiger partial charge in [0.25, 0.3) is 21.6 Å². The lowest BCUT2D eigenvalue weighted by molar-refractivity contribution is -0.385. The van der Waals surface area contributed by atoms with E-state index in [1.165, 1.54) is 42.5 Å². The third-order valence-corrected chi connectivity index (χ3v) is 5.58. The monoisotopic (exact) mass is 453 g/mol. The second-order valence-electron chi connectivity index (χ2n) is 6.52. The van der Waals surface area contributed by atoms with Crippen LogP contribution in [0.4, 0.5) is 17.1 Å². The largest absolute Gasteiger partial charge is 0.489 e. The summed E-state index contributed by atoms with van der Waals surface area (Å²) in [6.45, 7) is 3.92. The average Bonchev–Trinajstić information content (AvgIpc) is 2.78. The van der Waals surface area contributed by atoms with Crippen LogP contribution in [-0.4, -0.2) is 25.9 Å². The number of nitrogens with one attached hydrogen (secondary N) is 2. The molecule has 0 saturated carbocycles. The number of sulfonamides is 1. The third-order valence-electron chi connectivity index (χ3n) is 4.20. The van der Waals surface area contributed by atoms with Crippen molar-refractivity contribution in [2.75, 3.05) is 16.6 Å². The Balaban J connectivity index is 1.69. The summed E-state index contributed by atoms with van der Waals surface area (Å²) < 4.78 is 32.8. The standard InChI is InChI=1S/C22H19N3O6S/c1-2-13-31-20-7-3-5-18(14-20)23-22(26)16-9-11-17(12-10-16)24-32(29,30)21-8-4-6-19(15-21)25(27)28/h2-12,14-15,24H,1,13H2,(H,23,26). The van der Waals surface area contributed by atoms with Gasteiger partial charge in [0.2, 0.25) is 0 Å². The van der Waals surface area contributed by atoms with Gasteiger partial charge in [-0.05, 0) is 42.5 Å². The lowest BCUT2D eigenvalue weighted by Gasteiger charge is -2.10. The smallest absolute Gasteiger partial charge is 0.270 e. The molecule has 0 atom stereocenters. The molecule has 0 aliphatic rings. The van der Waals surface area contributed by atoms with Crippen LogP contribution in [0.3, 0.4) is 0 Å². The van der Waals surface area contributed by atoms with E-state index < -0.39 is 14.9 Å². The molecule has 32 heavy (non-hydrogen) atoms. The Kier molecular flexibility index (Phi) is 6.86. The maximum Gasteiger partial charge on any atom is 0.270 e. The zero-order chi connectivity index (χ0) is 23.1. The number of hydrogen-bond donors (Lipinski definition) is 2. The van der Waals surface area contributed by atoms with Crippen LogP contribution in [0.5, 0.6) is 5.75 Å². The lowest BCUT2D eigenvalue weighted by atomic mass is 10.2. The van der Waals surface area contributed by atoms with Crippen LogP contribution >= 0.6 is 0 Å². The maximum absolute atomic E-state index is 12.5. The number of nitro groups is 1. The molecule has 3 aromatic carbocycles. The van der Waals surface area contributed by atoms with Crippen LogP contribution in [0, 0.1) is 10.1 Å². The fourth-order valence-corrected chi connectivity index (χ4v) is 3.79. The second-order valence-corrected chi connectivity index (χ2v) is 8.20. The van der Waals surface area contributed by atoms with Crippen LogP contribution in [0.2, 0.25) is 0 Å². The molecule has 1 amide bonds. The Bertz CT molecular complexity index is 1260. The molecule has 10 heteroatoms. The number of carbonyl (C=O) groups is 1. The molecule has 0 heterocycles. The van der Waals surface area contributed by atoms with E-state index in [2.05, 4.69) is 16.6 Å². The highest BCUT2D eigenvalue weighted by Crippen LogP contribution is 2.22. The zero-order valence-electron chi connectivity index (χ0n) is 16.7. The quantitative estimate of drug-likeness (QED) is 0.284. The molecule has 0 saturated heterocycles. The van der Waals surface area contributed by atoms with E-state index in [1.54, 1.807) is 30.3 Å². The normalized spacial score (nSPS) is 10.8. The van der Waals surface area contributed by atoms with Crippen molar-refractivity contribution in [1.29, 1.82) is 0 Å². The first kappa shape index (κ1) is 22.5. The molecule has 3 aromatic rings. The highest BCUT2D eigenvalue weighted by atomic mass is 32.2. The highest BCUT2D eigenvalue weighted by Gasteiger charge is 2.18. The van der Waals surface area contributed by atoms with Gasteiger partial charge in [-0.3, -0.25) is 19.6 Å². The first-order valence-corrected chi connectivity index (χ1v) is 10.8. The van der Waals surface area contributed by atoms with Crippen molar-refractivity contribution in [1.82, 2.24) is 0 Å². The average molecular weight is 453 g/mol. The summed E-state index contributed by atoms with van der Waals surface area (Å²) in [4.78, 5) is 22.4. The number of hydrogen-bond acceptors (Lipinski definition) is 6. The summed E-state index contributed by atoms with van der Waals surface area (Å²) in [5.41, 5.74) is 0.708. The van der Waals surface area contributed by atoms with Crippen LogP contribution in [0.25, 0.3) is 0 Å². The van der Waals surface area contributed by atoms with Gasteiger partial charge in [-0.1, -0.05) is 24.8 Å². The molecule has 0 bridgehead atoms. The zero-order valence-corrected chi connectivity index (χ0v) is 17.5. The van der Waals surface area contributed by atoms with Crippen molar-refractivity contribution in [3.05, 3.63) is 101 Å². The lowest BCUT2D eigenvalue weighted by Crippen LogP contribution is -2.14. The van der Waals surface area contributed by atoms with Gasteiger partial charge in [-0.25, -0.2) is 8.42 Å². The summed E-state index contributed by atoms with van der Waals surface area (Å²) in [6.07, 6.45) is 1.61. The van der Waals surface area contributed by atoms with Crippen LogP contribution in [0.15, 0.2) is 90.3 Å². The van der Waals surface area contributed by atoms with E-state index in [0.717, 1.165) is 6.07 Å². The first-order chi connectivity index (χ1) is 15.3. The van der Waals surface area contributed by atoms with E-state index in [0.29, 0.717) is 23.6 Å². The Morgan fingerprint density at radius 1 is 1.03 bits per heavy atom. The molecule has 2 N–H and O–H groups in total. The predicted molar refractivity (Wildman–Crippen MR) is 120 cm³/mol. The van der Waals surface area contributed by atoms with Crippen molar-refractivity contribution in [2.45, 2.75) is 4.90 Å². The molecule has 0 radical (unpaired) electrons. The van der Waals surface area contributed by atoms with E-state index in [4.69, 9.17) is 4.74 Å². The Hall–Kier alpha value is -4.18.